The number of piperidine rings is 1. The van der Waals surface area contributed by atoms with Gasteiger partial charge in [-0.15, -0.1) is 0 Å². The zero-order chi connectivity index (χ0) is 21.8. The first kappa shape index (κ1) is 21.7. The van der Waals surface area contributed by atoms with E-state index in [2.05, 4.69) is 20.1 Å². The monoisotopic (exact) mass is 443 g/mol. The lowest BCUT2D eigenvalue weighted by molar-refractivity contribution is -0.119. The van der Waals surface area contributed by atoms with E-state index in [-0.39, 0.29) is 18.1 Å². The number of aromatic nitrogens is 2. The summed E-state index contributed by atoms with van der Waals surface area (Å²) in [6, 6.07) is 7.89. The Hall–Kier alpha value is -2.54. The molecular formula is C23H30ClN5O2. The number of halogens is 1. The lowest BCUT2D eigenvalue weighted by atomic mass is 10.1. The molecule has 2 aliphatic heterocycles. The van der Waals surface area contributed by atoms with Crippen LogP contribution in [-0.4, -0.2) is 48.2 Å². The van der Waals surface area contributed by atoms with E-state index < -0.39 is 0 Å². The van der Waals surface area contributed by atoms with Crippen LogP contribution >= 0.6 is 11.6 Å². The second-order valence-electron chi connectivity index (χ2n) is 8.36. The standard InChI is InChI=1S/C23H30ClN5O2/c1-16(26-17(2)30)18-6-8-19(9-7-18)31-20-10-13-29(15-20)22-21(24)14-25-23(27-22)28-11-4-3-5-12-28/h6-9,14,16,20H,3-5,10-13,15H2,1-2H3,(H,26,30)/t16-,20+/m0/s1. The third-order valence-electron chi connectivity index (χ3n) is 5.90. The molecule has 1 aromatic heterocycles. The smallest absolute Gasteiger partial charge is 0.227 e. The van der Waals surface area contributed by atoms with Crippen LogP contribution in [-0.2, 0) is 4.79 Å². The second kappa shape index (κ2) is 9.73. The van der Waals surface area contributed by atoms with Crippen molar-refractivity contribution >= 4 is 29.3 Å². The summed E-state index contributed by atoms with van der Waals surface area (Å²) < 4.78 is 6.20. The molecule has 7 nitrogen and oxygen atoms in total. The molecule has 0 aliphatic carbocycles. The van der Waals surface area contributed by atoms with Gasteiger partial charge in [0.1, 0.15) is 16.9 Å². The van der Waals surface area contributed by atoms with Gasteiger partial charge in [0.2, 0.25) is 11.9 Å². The van der Waals surface area contributed by atoms with Crippen LogP contribution in [0.15, 0.2) is 30.5 Å². The molecule has 1 aromatic carbocycles. The molecule has 1 amide bonds. The van der Waals surface area contributed by atoms with E-state index in [1.54, 1.807) is 6.20 Å². The molecule has 3 heterocycles. The molecule has 8 heteroatoms. The van der Waals surface area contributed by atoms with Gasteiger partial charge in [0, 0.05) is 33.0 Å². The average Bonchev–Trinajstić information content (AvgIpc) is 3.23. The molecule has 31 heavy (non-hydrogen) atoms. The molecule has 2 atom stereocenters. The minimum absolute atomic E-state index is 0.0254. The van der Waals surface area contributed by atoms with Gasteiger partial charge in [-0.2, -0.15) is 4.98 Å². The number of amides is 1. The normalized spacial score (nSPS) is 19.9. The van der Waals surface area contributed by atoms with Crippen molar-refractivity contribution in [1.82, 2.24) is 15.3 Å². The minimum atomic E-state index is -0.0364. The van der Waals surface area contributed by atoms with E-state index in [9.17, 15) is 4.79 Å². The summed E-state index contributed by atoms with van der Waals surface area (Å²) in [6.07, 6.45) is 6.34. The van der Waals surface area contributed by atoms with Crippen LogP contribution in [0.1, 0.15) is 51.1 Å². The molecule has 0 bridgehead atoms. The van der Waals surface area contributed by atoms with Gasteiger partial charge in [-0.25, -0.2) is 4.98 Å². The Morgan fingerprint density at radius 2 is 1.90 bits per heavy atom. The first-order valence-corrected chi connectivity index (χ1v) is 11.4. The van der Waals surface area contributed by atoms with Gasteiger partial charge in [0.15, 0.2) is 5.82 Å². The van der Waals surface area contributed by atoms with Crippen LogP contribution < -0.4 is 19.9 Å². The zero-order valence-electron chi connectivity index (χ0n) is 18.2. The number of nitrogens with zero attached hydrogens (tertiary/aromatic N) is 4. The van der Waals surface area contributed by atoms with Gasteiger partial charge in [0.05, 0.1) is 18.8 Å². The number of hydrogen-bond donors (Lipinski definition) is 1. The number of anilines is 2. The summed E-state index contributed by atoms with van der Waals surface area (Å²) in [6.45, 7) is 7.08. The minimum Gasteiger partial charge on any atom is -0.489 e. The Bertz CT molecular complexity index is 901. The molecule has 0 spiro atoms. The van der Waals surface area contributed by atoms with Crippen LogP contribution in [0.4, 0.5) is 11.8 Å². The molecule has 2 fully saturated rings. The molecule has 0 radical (unpaired) electrons. The van der Waals surface area contributed by atoms with Gasteiger partial charge in [-0.1, -0.05) is 23.7 Å². The van der Waals surface area contributed by atoms with Crippen molar-refractivity contribution in [3.05, 3.63) is 41.0 Å². The molecule has 4 rings (SSSR count). The van der Waals surface area contributed by atoms with Crippen LogP contribution in [0.3, 0.4) is 0 Å². The van der Waals surface area contributed by atoms with Crippen molar-refractivity contribution < 1.29 is 9.53 Å². The third-order valence-corrected chi connectivity index (χ3v) is 6.17. The zero-order valence-corrected chi connectivity index (χ0v) is 18.9. The highest BCUT2D eigenvalue weighted by atomic mass is 35.5. The Kier molecular flexibility index (Phi) is 6.80. The van der Waals surface area contributed by atoms with Gasteiger partial charge >= 0.3 is 0 Å². The molecule has 2 saturated heterocycles. The molecule has 0 unspecified atom stereocenters. The number of nitrogens with one attached hydrogen (secondary N) is 1. The highest BCUT2D eigenvalue weighted by molar-refractivity contribution is 6.32. The number of benzene rings is 1. The number of rotatable bonds is 6. The van der Waals surface area contributed by atoms with Gasteiger partial charge in [0.25, 0.3) is 0 Å². The fourth-order valence-corrected chi connectivity index (χ4v) is 4.46. The Morgan fingerprint density at radius 1 is 1.16 bits per heavy atom. The SMILES string of the molecule is CC(=O)N[C@@H](C)c1ccc(O[C@@H]2CCN(c3nc(N4CCCCC4)ncc3Cl)C2)cc1. The van der Waals surface area contributed by atoms with Crippen molar-refractivity contribution in [2.24, 2.45) is 0 Å². The van der Waals surface area contributed by atoms with Crippen molar-refractivity contribution in [3.8, 4) is 5.75 Å². The fourth-order valence-electron chi connectivity index (χ4n) is 4.25. The van der Waals surface area contributed by atoms with Crippen LogP contribution in [0.25, 0.3) is 0 Å². The Labute approximate surface area is 188 Å². The summed E-state index contributed by atoms with van der Waals surface area (Å²) in [5, 5.41) is 3.48. The molecule has 2 aromatic rings. The van der Waals surface area contributed by atoms with Crippen molar-refractivity contribution in [2.75, 3.05) is 36.0 Å². The number of carbonyl (C=O) groups is 1. The van der Waals surface area contributed by atoms with Crippen molar-refractivity contribution in [2.45, 2.75) is 51.7 Å². The topological polar surface area (TPSA) is 70.6 Å². The first-order valence-electron chi connectivity index (χ1n) is 11.1. The highest BCUT2D eigenvalue weighted by Crippen LogP contribution is 2.30. The summed E-state index contributed by atoms with van der Waals surface area (Å²) in [7, 11) is 0. The van der Waals surface area contributed by atoms with Gasteiger partial charge in [-0.05, 0) is 43.9 Å². The molecule has 0 saturated carbocycles. The summed E-state index contributed by atoms with van der Waals surface area (Å²) >= 11 is 6.45. The largest absolute Gasteiger partial charge is 0.489 e. The van der Waals surface area contributed by atoms with E-state index in [0.717, 1.165) is 55.7 Å². The maximum Gasteiger partial charge on any atom is 0.227 e. The molecular weight excluding hydrogens is 414 g/mol. The summed E-state index contributed by atoms with van der Waals surface area (Å²) in [5.41, 5.74) is 1.05. The number of hydrogen-bond acceptors (Lipinski definition) is 6. The third kappa shape index (κ3) is 5.39. The Morgan fingerprint density at radius 3 is 2.61 bits per heavy atom. The van der Waals surface area contributed by atoms with E-state index in [0.29, 0.717) is 5.02 Å². The lowest BCUT2D eigenvalue weighted by Crippen LogP contribution is -2.32. The molecule has 166 valence electrons. The number of carbonyl (C=O) groups excluding carboxylic acids is 1. The quantitative estimate of drug-likeness (QED) is 0.728. The van der Waals surface area contributed by atoms with Gasteiger partial charge < -0.3 is 19.9 Å². The predicted molar refractivity (Wildman–Crippen MR) is 123 cm³/mol. The maximum absolute atomic E-state index is 11.2. The van der Waals surface area contributed by atoms with Crippen LogP contribution in [0, 0.1) is 0 Å². The van der Waals surface area contributed by atoms with E-state index in [1.165, 1.54) is 26.2 Å². The van der Waals surface area contributed by atoms with E-state index in [4.69, 9.17) is 21.3 Å². The summed E-state index contributed by atoms with van der Waals surface area (Å²) in [5.74, 6) is 2.36. The van der Waals surface area contributed by atoms with Crippen molar-refractivity contribution in [1.29, 1.82) is 0 Å². The Balaban J connectivity index is 1.38. The predicted octanol–water partition coefficient (Wildman–Crippen LogP) is 3.98. The molecule has 2 aliphatic rings. The fraction of sp³-hybridized carbons (Fsp3) is 0.522. The first-order chi connectivity index (χ1) is 15.0. The maximum atomic E-state index is 11.2. The van der Waals surface area contributed by atoms with Crippen LogP contribution in [0.2, 0.25) is 5.02 Å². The summed E-state index contributed by atoms with van der Waals surface area (Å²) in [4.78, 5) is 24.9. The number of ether oxygens (including phenoxy) is 1. The van der Waals surface area contributed by atoms with E-state index >= 15 is 0 Å². The highest BCUT2D eigenvalue weighted by Gasteiger charge is 2.27. The van der Waals surface area contributed by atoms with Crippen molar-refractivity contribution in [3.63, 3.8) is 0 Å². The van der Waals surface area contributed by atoms with Gasteiger partial charge in [-0.3, -0.25) is 4.79 Å². The van der Waals surface area contributed by atoms with Crippen LogP contribution in [0.5, 0.6) is 5.75 Å². The molecule has 1 N–H and O–H groups in total. The lowest BCUT2D eigenvalue weighted by Gasteiger charge is -2.28. The van der Waals surface area contributed by atoms with E-state index in [1.807, 2.05) is 31.2 Å². The second-order valence-corrected chi connectivity index (χ2v) is 8.76. The average molecular weight is 444 g/mol.